The molecule has 0 amide bonds. The van der Waals surface area contributed by atoms with Crippen molar-refractivity contribution in [2.45, 2.75) is 12.1 Å². The molecule has 0 N–H and O–H groups in total. The maximum absolute atomic E-state index is 10.4. The molecule has 0 radical (unpaired) electrons. The average Bonchev–Trinajstić information content (AvgIpc) is 2.41. The predicted octanol–water partition coefficient (Wildman–Crippen LogP) is 2.40. The first kappa shape index (κ1) is 11.9. The van der Waals surface area contributed by atoms with Crippen molar-refractivity contribution in [3.8, 4) is 0 Å². The van der Waals surface area contributed by atoms with Crippen molar-refractivity contribution in [1.82, 2.24) is 0 Å². The first-order valence-corrected chi connectivity index (χ1v) is 5.42. The van der Waals surface area contributed by atoms with Gasteiger partial charge in [-0.05, 0) is 17.2 Å². The minimum atomic E-state index is -1.16. The van der Waals surface area contributed by atoms with Crippen LogP contribution in [0.5, 0.6) is 0 Å². The molecular formula is C14H10N2O2. The standard InChI is InChI=1S/C14H10N2O2/c17-10-15-14(16-11-18)8-6-13(7-9-14)12-4-2-1-3-5-12/h1-8H,9H2. The van der Waals surface area contributed by atoms with Crippen LogP contribution in [0.25, 0.3) is 5.57 Å². The van der Waals surface area contributed by atoms with Gasteiger partial charge in [0.2, 0.25) is 12.2 Å². The summed E-state index contributed by atoms with van der Waals surface area (Å²) in [5.74, 6) is 0. The van der Waals surface area contributed by atoms with E-state index in [9.17, 15) is 9.59 Å². The molecule has 1 aliphatic rings. The molecular weight excluding hydrogens is 228 g/mol. The quantitative estimate of drug-likeness (QED) is 0.599. The second-order valence-electron chi connectivity index (χ2n) is 3.85. The van der Waals surface area contributed by atoms with Crippen molar-refractivity contribution in [2.75, 3.05) is 0 Å². The summed E-state index contributed by atoms with van der Waals surface area (Å²) in [4.78, 5) is 27.9. The van der Waals surface area contributed by atoms with Gasteiger partial charge in [-0.1, -0.05) is 42.5 Å². The molecule has 4 heteroatoms. The molecule has 0 aliphatic heterocycles. The Kier molecular flexibility index (Phi) is 3.44. The monoisotopic (exact) mass is 238 g/mol. The molecule has 4 nitrogen and oxygen atoms in total. The van der Waals surface area contributed by atoms with Crippen LogP contribution in [-0.2, 0) is 9.59 Å². The Labute approximate surface area is 104 Å². The van der Waals surface area contributed by atoms with Gasteiger partial charge in [0.1, 0.15) is 0 Å². The molecule has 0 aromatic heterocycles. The van der Waals surface area contributed by atoms with Gasteiger partial charge in [0.05, 0.1) is 0 Å². The molecule has 88 valence electrons. The third-order valence-corrected chi connectivity index (χ3v) is 2.74. The van der Waals surface area contributed by atoms with Gasteiger partial charge in [-0.15, -0.1) is 0 Å². The van der Waals surface area contributed by atoms with E-state index in [4.69, 9.17) is 0 Å². The van der Waals surface area contributed by atoms with Gasteiger partial charge < -0.3 is 0 Å². The smallest absolute Gasteiger partial charge is 0.211 e. The van der Waals surface area contributed by atoms with Crippen LogP contribution in [0.1, 0.15) is 12.0 Å². The minimum Gasteiger partial charge on any atom is -0.211 e. The first-order valence-electron chi connectivity index (χ1n) is 5.42. The molecule has 0 bridgehead atoms. The Morgan fingerprint density at radius 3 is 2.22 bits per heavy atom. The van der Waals surface area contributed by atoms with Gasteiger partial charge in [-0.25, -0.2) is 9.59 Å². The van der Waals surface area contributed by atoms with E-state index in [0.717, 1.165) is 11.1 Å². The van der Waals surface area contributed by atoms with Crippen molar-refractivity contribution in [1.29, 1.82) is 0 Å². The fourth-order valence-corrected chi connectivity index (χ4v) is 1.81. The Bertz CT molecular complexity index is 571. The Morgan fingerprint density at radius 1 is 1.06 bits per heavy atom. The molecule has 18 heavy (non-hydrogen) atoms. The van der Waals surface area contributed by atoms with Crippen molar-refractivity contribution in [2.24, 2.45) is 9.98 Å². The summed E-state index contributed by atoms with van der Waals surface area (Å²) in [6.45, 7) is 0. The molecule has 0 fully saturated rings. The van der Waals surface area contributed by atoms with Crippen LogP contribution in [-0.4, -0.2) is 17.8 Å². The topological polar surface area (TPSA) is 58.9 Å². The van der Waals surface area contributed by atoms with Crippen molar-refractivity contribution >= 4 is 17.7 Å². The van der Waals surface area contributed by atoms with E-state index in [1.54, 1.807) is 12.2 Å². The summed E-state index contributed by atoms with van der Waals surface area (Å²) in [5.41, 5.74) is 0.905. The van der Waals surface area contributed by atoms with Crippen LogP contribution in [0, 0.1) is 0 Å². The molecule has 0 saturated heterocycles. The van der Waals surface area contributed by atoms with Gasteiger partial charge in [-0.3, -0.25) is 0 Å². The van der Waals surface area contributed by atoms with E-state index in [0.29, 0.717) is 6.42 Å². The number of hydrogen-bond donors (Lipinski definition) is 0. The lowest BCUT2D eigenvalue weighted by molar-refractivity contribution is 0.514. The molecule has 0 heterocycles. The van der Waals surface area contributed by atoms with E-state index in [2.05, 4.69) is 9.98 Å². The third kappa shape index (κ3) is 2.41. The maximum Gasteiger partial charge on any atom is 0.237 e. The van der Waals surface area contributed by atoms with Crippen LogP contribution < -0.4 is 0 Å². The molecule has 1 aromatic carbocycles. The lowest BCUT2D eigenvalue weighted by Gasteiger charge is -2.20. The lowest BCUT2D eigenvalue weighted by atomic mass is 9.94. The van der Waals surface area contributed by atoms with E-state index < -0.39 is 5.66 Å². The number of aliphatic imine (C=N–C) groups is 2. The number of carbonyl (C=O) groups excluding carboxylic acids is 2. The molecule has 0 spiro atoms. The van der Waals surface area contributed by atoms with Gasteiger partial charge in [0.25, 0.3) is 0 Å². The summed E-state index contributed by atoms with van der Waals surface area (Å²) in [6.07, 6.45) is 8.52. The number of allylic oxidation sites excluding steroid dienone is 2. The Balaban J connectivity index is 2.30. The normalized spacial score (nSPS) is 21.4. The second-order valence-corrected chi connectivity index (χ2v) is 3.85. The van der Waals surface area contributed by atoms with Crippen LogP contribution in [0.15, 0.2) is 58.5 Å². The fraction of sp³-hybridized carbons (Fsp3) is 0.143. The molecule has 0 saturated carbocycles. The summed E-state index contributed by atoms with van der Waals surface area (Å²) in [6, 6.07) is 9.79. The van der Waals surface area contributed by atoms with E-state index in [1.165, 1.54) is 12.2 Å². The maximum atomic E-state index is 10.4. The summed E-state index contributed by atoms with van der Waals surface area (Å²) >= 11 is 0. The van der Waals surface area contributed by atoms with Crippen molar-refractivity contribution < 1.29 is 9.59 Å². The van der Waals surface area contributed by atoms with E-state index in [-0.39, 0.29) is 0 Å². The van der Waals surface area contributed by atoms with Gasteiger partial charge in [-0.2, -0.15) is 9.98 Å². The zero-order valence-corrected chi connectivity index (χ0v) is 9.54. The van der Waals surface area contributed by atoms with Crippen LogP contribution >= 0.6 is 0 Å². The highest BCUT2D eigenvalue weighted by Crippen LogP contribution is 2.29. The van der Waals surface area contributed by atoms with E-state index >= 15 is 0 Å². The zero-order chi connectivity index (χ0) is 12.8. The van der Waals surface area contributed by atoms with E-state index in [1.807, 2.05) is 36.4 Å². The highest BCUT2D eigenvalue weighted by atomic mass is 16.1. The zero-order valence-electron chi connectivity index (χ0n) is 9.54. The second kappa shape index (κ2) is 5.19. The predicted molar refractivity (Wildman–Crippen MR) is 67.2 cm³/mol. The van der Waals surface area contributed by atoms with Gasteiger partial charge in [0.15, 0.2) is 5.66 Å². The van der Waals surface area contributed by atoms with Crippen LogP contribution in [0.4, 0.5) is 0 Å². The Morgan fingerprint density at radius 2 is 1.72 bits per heavy atom. The first-order chi connectivity index (χ1) is 8.79. The van der Waals surface area contributed by atoms with Crippen LogP contribution in [0.2, 0.25) is 0 Å². The van der Waals surface area contributed by atoms with Crippen LogP contribution in [0.3, 0.4) is 0 Å². The molecule has 1 aliphatic carbocycles. The Hall–Kier alpha value is -2.54. The molecule has 2 rings (SSSR count). The number of rotatable bonds is 3. The number of isocyanates is 2. The third-order valence-electron chi connectivity index (χ3n) is 2.74. The largest absolute Gasteiger partial charge is 0.237 e. The van der Waals surface area contributed by atoms with Crippen molar-refractivity contribution in [3.63, 3.8) is 0 Å². The lowest BCUT2D eigenvalue weighted by Crippen LogP contribution is -2.21. The van der Waals surface area contributed by atoms with Gasteiger partial charge >= 0.3 is 0 Å². The number of nitrogens with zero attached hydrogens (tertiary/aromatic N) is 2. The fourth-order valence-electron chi connectivity index (χ4n) is 1.81. The highest BCUT2D eigenvalue weighted by molar-refractivity contribution is 5.75. The summed E-state index contributed by atoms with van der Waals surface area (Å²) in [7, 11) is 0. The average molecular weight is 238 g/mol. The van der Waals surface area contributed by atoms with Crippen molar-refractivity contribution in [3.05, 3.63) is 54.1 Å². The molecule has 1 aromatic rings. The number of benzene rings is 1. The minimum absolute atomic E-state index is 0.345. The van der Waals surface area contributed by atoms with Gasteiger partial charge in [0, 0.05) is 6.42 Å². The highest BCUT2D eigenvalue weighted by Gasteiger charge is 2.27. The summed E-state index contributed by atoms with van der Waals surface area (Å²) < 4.78 is 0. The number of hydrogen-bond acceptors (Lipinski definition) is 4. The molecule has 0 atom stereocenters. The molecule has 0 unspecified atom stereocenters. The SMILES string of the molecule is O=C=NC1(N=C=O)C=CC(c2ccccc2)=CC1. The summed E-state index contributed by atoms with van der Waals surface area (Å²) in [5, 5.41) is 0.